The van der Waals surface area contributed by atoms with Crippen LogP contribution in [0.4, 0.5) is 0 Å². The van der Waals surface area contributed by atoms with Crippen LogP contribution in [0.5, 0.6) is 5.75 Å². The average Bonchev–Trinajstić information content (AvgIpc) is 2.58. The van der Waals surface area contributed by atoms with E-state index in [1.165, 1.54) is 43.5 Å². The van der Waals surface area contributed by atoms with E-state index in [1.807, 2.05) is 0 Å². The summed E-state index contributed by atoms with van der Waals surface area (Å²) in [7, 11) is 0. The third-order valence-corrected chi connectivity index (χ3v) is 5.52. The summed E-state index contributed by atoms with van der Waals surface area (Å²) in [6, 6.07) is 12.6. The van der Waals surface area contributed by atoms with Crippen LogP contribution in [0, 0.1) is 0 Å². The third-order valence-electron chi connectivity index (χ3n) is 4.71. The Morgan fingerprint density at radius 1 is 1.00 bits per heavy atom. The van der Waals surface area contributed by atoms with Crippen LogP contribution in [0.3, 0.4) is 0 Å². The Morgan fingerprint density at radius 3 is 2.50 bits per heavy atom. The maximum absolute atomic E-state index is 6.03. The van der Waals surface area contributed by atoms with E-state index in [2.05, 4.69) is 59.3 Å². The van der Waals surface area contributed by atoms with E-state index >= 15 is 0 Å². The molecule has 2 aromatic rings. The van der Waals surface area contributed by atoms with Crippen LogP contribution in [0.1, 0.15) is 6.92 Å². The second-order valence-electron chi connectivity index (χ2n) is 6.05. The Balaban J connectivity index is 1.55. The number of halogens is 1. The van der Waals surface area contributed by atoms with Gasteiger partial charge in [-0.05, 0) is 39.7 Å². The molecule has 0 bridgehead atoms. The van der Waals surface area contributed by atoms with E-state index in [0.29, 0.717) is 0 Å². The van der Waals surface area contributed by atoms with E-state index in [0.717, 1.165) is 23.4 Å². The van der Waals surface area contributed by atoms with Crippen molar-refractivity contribution in [3.05, 3.63) is 40.9 Å². The average molecular weight is 365 g/mol. The van der Waals surface area contributed by atoms with Crippen LogP contribution in [0.25, 0.3) is 10.8 Å². The van der Waals surface area contributed by atoms with Crippen LogP contribution in [-0.2, 0) is 0 Å². The van der Waals surface area contributed by atoms with Crippen molar-refractivity contribution in [3.8, 4) is 5.75 Å². The summed E-state index contributed by atoms with van der Waals surface area (Å²) >= 11 is 3.69. The van der Waals surface area contributed by atoms with Crippen molar-refractivity contribution in [2.24, 2.45) is 0 Å². The van der Waals surface area contributed by atoms with Crippen LogP contribution in [0.2, 0.25) is 0 Å². The molecule has 0 aliphatic carbocycles. The lowest BCUT2D eigenvalue weighted by Gasteiger charge is -2.28. The van der Waals surface area contributed by atoms with Gasteiger partial charge in [-0.1, -0.05) is 30.3 Å². The van der Waals surface area contributed by atoms with Crippen LogP contribution < -0.4 is 14.5 Å². The highest BCUT2D eigenvalue weighted by atomic mass is 79.9. The van der Waals surface area contributed by atoms with Crippen LogP contribution in [-0.4, -0.2) is 45.9 Å². The van der Waals surface area contributed by atoms with E-state index in [1.54, 1.807) is 9.80 Å². The first-order chi connectivity index (χ1) is 10.8. The molecule has 1 saturated heterocycles. The number of piperazine rings is 1. The molecule has 0 atom stereocenters. The Kier molecular flexibility index (Phi) is 5.34. The normalized spacial score (nSPS) is 21.9. The molecule has 3 nitrogen and oxygen atoms in total. The standard InChI is InChI=1S/C18H23BrN2O/c1-2-20-9-11-21(12-10-20)13-14-22-17-8-7-15-5-3-4-6-16(15)18(17)19/h3-8H,2,9-14H2,1H3/p+2. The maximum Gasteiger partial charge on any atom is 0.137 e. The molecule has 0 amide bonds. The van der Waals surface area contributed by atoms with Gasteiger partial charge in [0.25, 0.3) is 0 Å². The third kappa shape index (κ3) is 3.62. The summed E-state index contributed by atoms with van der Waals surface area (Å²) in [5.74, 6) is 0.955. The van der Waals surface area contributed by atoms with Crippen molar-refractivity contribution in [1.82, 2.24) is 0 Å². The molecule has 1 fully saturated rings. The predicted octanol–water partition coefficient (Wildman–Crippen LogP) is 0.784. The van der Waals surface area contributed by atoms with Crippen molar-refractivity contribution in [1.29, 1.82) is 0 Å². The Bertz CT molecular complexity index is 624. The van der Waals surface area contributed by atoms with Gasteiger partial charge >= 0.3 is 0 Å². The lowest BCUT2D eigenvalue weighted by atomic mass is 10.1. The summed E-state index contributed by atoms with van der Waals surface area (Å²) in [6.45, 7) is 10.5. The Morgan fingerprint density at radius 2 is 1.73 bits per heavy atom. The number of quaternary nitrogens is 2. The van der Waals surface area contributed by atoms with Gasteiger partial charge in [0, 0.05) is 0 Å². The zero-order chi connectivity index (χ0) is 15.4. The van der Waals surface area contributed by atoms with E-state index < -0.39 is 0 Å². The fraction of sp³-hybridized carbons (Fsp3) is 0.444. The highest BCUT2D eigenvalue weighted by Crippen LogP contribution is 2.32. The summed E-state index contributed by atoms with van der Waals surface area (Å²) in [5.41, 5.74) is 0. The van der Waals surface area contributed by atoms with Gasteiger partial charge in [-0.25, -0.2) is 0 Å². The minimum atomic E-state index is 0.785. The molecule has 2 N–H and O–H groups in total. The van der Waals surface area contributed by atoms with Gasteiger partial charge in [0.15, 0.2) is 0 Å². The van der Waals surface area contributed by atoms with Crippen molar-refractivity contribution >= 4 is 26.7 Å². The molecule has 0 saturated carbocycles. The van der Waals surface area contributed by atoms with Gasteiger partial charge in [-0.3, -0.25) is 0 Å². The molecule has 0 unspecified atom stereocenters. The van der Waals surface area contributed by atoms with Gasteiger partial charge in [0.05, 0.1) is 11.0 Å². The summed E-state index contributed by atoms with van der Waals surface area (Å²) < 4.78 is 7.10. The number of rotatable bonds is 5. The number of hydrogen-bond donors (Lipinski definition) is 2. The molecule has 1 heterocycles. The number of hydrogen-bond acceptors (Lipinski definition) is 1. The van der Waals surface area contributed by atoms with Gasteiger partial charge in [0.1, 0.15) is 45.1 Å². The lowest BCUT2D eigenvalue weighted by Crippen LogP contribution is -3.28. The second kappa shape index (κ2) is 7.44. The van der Waals surface area contributed by atoms with Gasteiger partial charge in [-0.2, -0.15) is 0 Å². The van der Waals surface area contributed by atoms with Gasteiger partial charge in [-0.15, -0.1) is 0 Å². The molecule has 0 radical (unpaired) electrons. The number of likely N-dealkylation sites (N-methyl/N-ethyl adjacent to an activating group) is 1. The second-order valence-corrected chi connectivity index (χ2v) is 6.84. The van der Waals surface area contributed by atoms with Crippen molar-refractivity contribution in [2.75, 3.05) is 45.9 Å². The number of fused-ring (bicyclic) bond motifs is 1. The molecular weight excluding hydrogens is 340 g/mol. The van der Waals surface area contributed by atoms with E-state index in [-0.39, 0.29) is 0 Å². The fourth-order valence-corrected chi connectivity index (χ4v) is 3.80. The van der Waals surface area contributed by atoms with Crippen molar-refractivity contribution in [3.63, 3.8) is 0 Å². The molecule has 0 spiro atoms. The molecule has 4 heteroatoms. The molecule has 3 rings (SSSR count). The summed E-state index contributed by atoms with van der Waals surface area (Å²) in [4.78, 5) is 3.41. The topological polar surface area (TPSA) is 18.1 Å². The summed E-state index contributed by atoms with van der Waals surface area (Å²) in [5, 5.41) is 2.46. The molecule has 1 aliphatic rings. The minimum Gasteiger partial charge on any atom is -0.487 e. The summed E-state index contributed by atoms with van der Waals surface area (Å²) in [6.07, 6.45) is 0. The molecule has 1 aliphatic heterocycles. The lowest BCUT2D eigenvalue weighted by molar-refractivity contribution is -1.01. The predicted molar refractivity (Wildman–Crippen MR) is 93.9 cm³/mol. The number of benzene rings is 2. The SMILES string of the molecule is CC[NH+]1CC[NH+](CCOc2ccc3ccccc3c2Br)CC1. The van der Waals surface area contributed by atoms with Gasteiger partial charge < -0.3 is 14.5 Å². The minimum absolute atomic E-state index is 0.785. The largest absolute Gasteiger partial charge is 0.487 e. The molecule has 118 valence electrons. The quantitative estimate of drug-likeness (QED) is 0.802. The highest BCUT2D eigenvalue weighted by molar-refractivity contribution is 9.10. The Hall–Kier alpha value is -1.10. The fourth-order valence-electron chi connectivity index (χ4n) is 3.19. The highest BCUT2D eigenvalue weighted by Gasteiger charge is 2.21. The van der Waals surface area contributed by atoms with Crippen molar-refractivity contribution in [2.45, 2.75) is 6.92 Å². The zero-order valence-corrected chi connectivity index (χ0v) is 14.8. The zero-order valence-electron chi connectivity index (χ0n) is 13.2. The van der Waals surface area contributed by atoms with Gasteiger partial charge in [0.2, 0.25) is 0 Å². The maximum atomic E-state index is 6.03. The van der Waals surface area contributed by atoms with Crippen LogP contribution in [0.15, 0.2) is 40.9 Å². The first kappa shape index (κ1) is 15.8. The Labute approximate surface area is 141 Å². The van der Waals surface area contributed by atoms with E-state index in [9.17, 15) is 0 Å². The first-order valence-electron chi connectivity index (χ1n) is 8.25. The monoisotopic (exact) mass is 364 g/mol. The molecular formula is C18H25BrN2O+2. The van der Waals surface area contributed by atoms with Crippen LogP contribution >= 0.6 is 15.9 Å². The number of nitrogens with one attached hydrogen (secondary N) is 2. The number of ether oxygens (including phenoxy) is 1. The molecule has 0 aromatic heterocycles. The molecule has 2 aromatic carbocycles. The van der Waals surface area contributed by atoms with Crippen molar-refractivity contribution < 1.29 is 14.5 Å². The molecule has 22 heavy (non-hydrogen) atoms. The smallest absolute Gasteiger partial charge is 0.137 e. The first-order valence-corrected chi connectivity index (χ1v) is 9.04. The van der Waals surface area contributed by atoms with E-state index in [4.69, 9.17) is 4.74 Å².